The molecule has 0 bridgehead atoms. The van der Waals surface area contributed by atoms with E-state index in [2.05, 4.69) is 60.3 Å². The van der Waals surface area contributed by atoms with Crippen LogP contribution < -0.4 is 10.5 Å². The van der Waals surface area contributed by atoms with Gasteiger partial charge in [0.1, 0.15) is 13.1 Å². The van der Waals surface area contributed by atoms with Crippen molar-refractivity contribution in [3.05, 3.63) is 51.6 Å². The van der Waals surface area contributed by atoms with Crippen molar-refractivity contribution in [2.45, 2.75) is 84.5 Å². The van der Waals surface area contributed by atoms with Gasteiger partial charge in [0.15, 0.2) is 0 Å². The highest BCUT2D eigenvalue weighted by molar-refractivity contribution is 5.79. The van der Waals surface area contributed by atoms with Crippen LogP contribution in [0, 0.1) is 6.92 Å². The maximum Gasteiger partial charge on any atom is 0.257 e. The van der Waals surface area contributed by atoms with Crippen LogP contribution >= 0.6 is 0 Å². The van der Waals surface area contributed by atoms with Crippen molar-refractivity contribution in [3.8, 4) is 0 Å². The second-order valence-electron chi connectivity index (χ2n) is 9.74. The number of aromatic nitrogens is 5. The predicted molar refractivity (Wildman–Crippen MR) is 117 cm³/mol. The molecule has 7 heteroatoms. The van der Waals surface area contributed by atoms with Crippen LogP contribution in [0.1, 0.15) is 69.8 Å². The van der Waals surface area contributed by atoms with Gasteiger partial charge >= 0.3 is 0 Å². The second-order valence-corrected chi connectivity index (χ2v) is 9.74. The van der Waals surface area contributed by atoms with Crippen LogP contribution in [-0.4, -0.2) is 31.2 Å². The molecule has 1 aliphatic carbocycles. The van der Waals surface area contributed by atoms with Crippen LogP contribution in [0.2, 0.25) is 0 Å². The maximum atomic E-state index is 12.9. The molecule has 4 rings (SSSR count). The van der Waals surface area contributed by atoms with Crippen molar-refractivity contribution in [2.75, 3.05) is 0 Å². The Labute approximate surface area is 177 Å². The van der Waals surface area contributed by atoms with Crippen LogP contribution in [0.5, 0.6) is 0 Å². The van der Waals surface area contributed by atoms with Gasteiger partial charge in [-0.05, 0) is 87.4 Å². The normalized spacial score (nSPS) is 16.8. The number of rotatable bonds is 5. The summed E-state index contributed by atoms with van der Waals surface area (Å²) in [4.78, 5) is 17.3. The number of nitrogens with one attached hydrogen (secondary N) is 2. The van der Waals surface area contributed by atoms with Crippen molar-refractivity contribution in [3.63, 3.8) is 0 Å². The number of pyridine rings is 1. The molecule has 1 saturated carbocycles. The van der Waals surface area contributed by atoms with Crippen molar-refractivity contribution in [1.82, 2.24) is 25.2 Å². The third-order valence-electron chi connectivity index (χ3n) is 6.23. The summed E-state index contributed by atoms with van der Waals surface area (Å²) >= 11 is 0. The van der Waals surface area contributed by atoms with E-state index in [4.69, 9.17) is 0 Å². The van der Waals surface area contributed by atoms with Crippen LogP contribution in [0.3, 0.4) is 0 Å². The summed E-state index contributed by atoms with van der Waals surface area (Å²) in [6.45, 7) is 9.83. The number of benzene rings is 1. The molecule has 2 N–H and O–H groups in total. The molecule has 7 nitrogen and oxygen atoms in total. The number of H-pyrrole nitrogens is 1. The molecule has 2 heterocycles. The van der Waals surface area contributed by atoms with E-state index in [0.717, 1.165) is 28.8 Å². The summed E-state index contributed by atoms with van der Waals surface area (Å²) in [7, 11) is 0. The third-order valence-corrected chi connectivity index (χ3v) is 6.23. The van der Waals surface area contributed by atoms with Gasteiger partial charge in [-0.25, -0.2) is 4.68 Å². The lowest BCUT2D eigenvalue weighted by atomic mass is 9.93. The van der Waals surface area contributed by atoms with E-state index >= 15 is 0 Å². The number of fused-ring (bicyclic) bond motifs is 1. The minimum absolute atomic E-state index is 0.00933. The lowest BCUT2D eigenvalue weighted by Gasteiger charge is -2.31. The van der Waals surface area contributed by atoms with Crippen LogP contribution in [-0.2, 0) is 18.6 Å². The second kappa shape index (κ2) is 8.30. The van der Waals surface area contributed by atoms with Gasteiger partial charge in [-0.2, -0.15) is 0 Å². The first-order chi connectivity index (χ1) is 14.3. The van der Waals surface area contributed by atoms with Gasteiger partial charge in [-0.3, -0.25) is 4.79 Å². The van der Waals surface area contributed by atoms with E-state index in [9.17, 15) is 4.79 Å². The van der Waals surface area contributed by atoms with E-state index in [0.29, 0.717) is 12.6 Å². The summed E-state index contributed by atoms with van der Waals surface area (Å²) in [5.74, 6) is 0.885. The van der Waals surface area contributed by atoms with Crippen LogP contribution in [0.25, 0.3) is 10.9 Å². The average molecular weight is 410 g/mol. The van der Waals surface area contributed by atoms with Crippen molar-refractivity contribution in [1.29, 1.82) is 0 Å². The number of quaternary nitrogens is 1. The number of tetrazole rings is 1. The fourth-order valence-electron chi connectivity index (χ4n) is 4.65. The predicted octanol–water partition coefficient (Wildman–Crippen LogP) is 2.50. The minimum Gasteiger partial charge on any atom is -0.322 e. The van der Waals surface area contributed by atoms with E-state index < -0.39 is 0 Å². The molecule has 1 aliphatic rings. The van der Waals surface area contributed by atoms with E-state index in [1.54, 1.807) is 0 Å². The highest BCUT2D eigenvalue weighted by atomic mass is 16.1. The zero-order valence-corrected chi connectivity index (χ0v) is 18.5. The SMILES string of the molecule is Cc1ccc2[nH]c(=O)c(C[NH+](Cc3nnnn3C(C)(C)C)C3CCCCC3)cc2c1. The Balaban J connectivity index is 1.67. The smallest absolute Gasteiger partial charge is 0.257 e. The van der Waals surface area contributed by atoms with E-state index in [-0.39, 0.29) is 11.1 Å². The first-order valence-corrected chi connectivity index (χ1v) is 11.1. The largest absolute Gasteiger partial charge is 0.322 e. The molecule has 0 aliphatic heterocycles. The number of hydrogen-bond donors (Lipinski definition) is 2. The molecule has 1 fully saturated rings. The van der Waals surface area contributed by atoms with Crippen molar-refractivity contribution < 1.29 is 4.90 Å². The monoisotopic (exact) mass is 409 g/mol. The van der Waals surface area contributed by atoms with E-state index in [1.165, 1.54) is 42.6 Å². The van der Waals surface area contributed by atoms with Gasteiger partial charge in [0.25, 0.3) is 5.56 Å². The molecular formula is C23H33N6O+. The van der Waals surface area contributed by atoms with Gasteiger partial charge < -0.3 is 9.88 Å². The first-order valence-electron chi connectivity index (χ1n) is 11.1. The third kappa shape index (κ3) is 4.46. The highest BCUT2D eigenvalue weighted by Crippen LogP contribution is 2.18. The van der Waals surface area contributed by atoms with Crippen LogP contribution in [0.15, 0.2) is 29.1 Å². The van der Waals surface area contributed by atoms with Crippen molar-refractivity contribution >= 4 is 10.9 Å². The molecule has 1 aromatic carbocycles. The molecule has 0 spiro atoms. The van der Waals surface area contributed by atoms with Crippen molar-refractivity contribution in [2.24, 2.45) is 0 Å². The quantitative estimate of drug-likeness (QED) is 0.678. The number of aromatic amines is 1. The molecule has 30 heavy (non-hydrogen) atoms. The fourth-order valence-corrected chi connectivity index (χ4v) is 4.65. The Bertz CT molecular complexity index is 1070. The minimum atomic E-state index is -0.172. The van der Waals surface area contributed by atoms with Crippen LogP contribution in [0.4, 0.5) is 0 Å². The molecular weight excluding hydrogens is 376 g/mol. The Morgan fingerprint density at radius 1 is 1.13 bits per heavy atom. The summed E-state index contributed by atoms with van der Waals surface area (Å²) in [5, 5.41) is 13.6. The van der Waals surface area contributed by atoms with Gasteiger partial charge in [0.2, 0.25) is 5.82 Å². The number of hydrogen-bond acceptors (Lipinski definition) is 4. The fraction of sp³-hybridized carbons (Fsp3) is 0.565. The standard InChI is InChI=1S/C23H32N6O/c1-16-10-11-20-17(12-16)13-18(22(30)24-20)14-28(19-8-6-5-7-9-19)15-21-25-26-27-29(21)23(2,3)4/h10-13,19H,5-9,14-15H2,1-4H3,(H,24,30)/p+1. The molecule has 1 atom stereocenters. The Morgan fingerprint density at radius 2 is 1.90 bits per heavy atom. The first kappa shape index (κ1) is 20.7. The summed E-state index contributed by atoms with van der Waals surface area (Å²) in [5.41, 5.74) is 2.76. The summed E-state index contributed by atoms with van der Waals surface area (Å²) in [6.07, 6.45) is 6.20. The Morgan fingerprint density at radius 3 is 2.63 bits per heavy atom. The average Bonchev–Trinajstić information content (AvgIpc) is 3.18. The Hall–Kier alpha value is -2.54. The van der Waals surface area contributed by atoms with Gasteiger partial charge in [-0.1, -0.05) is 18.1 Å². The molecule has 1 unspecified atom stereocenters. The Kier molecular flexibility index (Phi) is 5.73. The maximum absolute atomic E-state index is 12.9. The van der Waals surface area contributed by atoms with E-state index in [1.807, 2.05) is 16.8 Å². The molecule has 3 aromatic rings. The molecule has 0 amide bonds. The summed E-state index contributed by atoms with van der Waals surface area (Å²) < 4.78 is 1.92. The number of nitrogens with zero attached hydrogens (tertiary/aromatic N) is 4. The number of aryl methyl sites for hydroxylation is 1. The van der Waals surface area contributed by atoms with Gasteiger partial charge in [0, 0.05) is 5.52 Å². The molecule has 0 radical (unpaired) electrons. The molecule has 0 saturated heterocycles. The highest BCUT2D eigenvalue weighted by Gasteiger charge is 2.29. The lowest BCUT2D eigenvalue weighted by molar-refractivity contribution is -0.954. The van der Waals surface area contributed by atoms with Gasteiger partial charge in [0.05, 0.1) is 17.1 Å². The zero-order chi connectivity index (χ0) is 21.3. The summed E-state index contributed by atoms with van der Waals surface area (Å²) in [6, 6.07) is 8.74. The topological polar surface area (TPSA) is 80.9 Å². The molecule has 2 aromatic heterocycles. The zero-order valence-electron chi connectivity index (χ0n) is 18.5. The van der Waals surface area contributed by atoms with Gasteiger partial charge in [-0.15, -0.1) is 5.10 Å². The molecule has 160 valence electrons. The lowest BCUT2D eigenvalue weighted by Crippen LogP contribution is -3.13.